The summed E-state index contributed by atoms with van der Waals surface area (Å²) in [6.45, 7) is 3.97. The summed E-state index contributed by atoms with van der Waals surface area (Å²) in [6.07, 6.45) is 7.01. The first-order chi connectivity index (χ1) is 12.7. The van der Waals surface area contributed by atoms with Gasteiger partial charge in [-0.15, -0.1) is 0 Å². The molecule has 0 saturated carbocycles. The Morgan fingerprint density at radius 3 is 3.08 bits per heavy atom. The standard InChI is InChI=1S/C21H24N2O3/c1-14(26-12-10-20(24)25-2)15-7-8-19-21-17(9-11-23(19)13-15)16-5-3-4-6-18(16)22-21/h3-7,10,12,14,19,22H,8-9,11,13H2,1-2H3/b12-10+/t14-,19+/m1/s1. The summed E-state index contributed by atoms with van der Waals surface area (Å²) in [5, 5.41) is 1.36. The number of carbonyl (C=O) groups is 1. The highest BCUT2D eigenvalue weighted by Gasteiger charge is 2.33. The van der Waals surface area contributed by atoms with Crippen LogP contribution < -0.4 is 0 Å². The average molecular weight is 352 g/mol. The number of ether oxygens (including phenoxy) is 2. The Kier molecular flexibility index (Phi) is 4.55. The molecule has 1 N–H and O–H groups in total. The van der Waals surface area contributed by atoms with E-state index in [2.05, 4.69) is 45.0 Å². The summed E-state index contributed by atoms with van der Waals surface area (Å²) in [5.74, 6) is -0.405. The Morgan fingerprint density at radius 2 is 2.23 bits per heavy atom. The monoisotopic (exact) mass is 352 g/mol. The minimum atomic E-state index is -0.405. The number of rotatable bonds is 4. The molecule has 0 saturated heterocycles. The predicted molar refractivity (Wildman–Crippen MR) is 101 cm³/mol. The van der Waals surface area contributed by atoms with Gasteiger partial charge in [0, 0.05) is 29.7 Å². The van der Waals surface area contributed by atoms with E-state index < -0.39 is 5.97 Å². The molecule has 5 heteroatoms. The van der Waals surface area contributed by atoms with E-state index in [9.17, 15) is 4.79 Å². The number of para-hydroxylation sites is 1. The van der Waals surface area contributed by atoms with Crippen LogP contribution in [-0.2, 0) is 20.7 Å². The van der Waals surface area contributed by atoms with Gasteiger partial charge in [0.05, 0.1) is 25.5 Å². The van der Waals surface area contributed by atoms with E-state index in [4.69, 9.17) is 4.74 Å². The number of hydrogen-bond acceptors (Lipinski definition) is 4. The molecule has 5 nitrogen and oxygen atoms in total. The van der Waals surface area contributed by atoms with Gasteiger partial charge in [-0.05, 0) is 37.0 Å². The molecular weight excluding hydrogens is 328 g/mol. The minimum Gasteiger partial charge on any atom is -0.494 e. The number of benzene rings is 1. The fourth-order valence-electron chi connectivity index (χ4n) is 4.05. The average Bonchev–Trinajstić information content (AvgIpc) is 3.06. The number of aromatic amines is 1. The van der Waals surface area contributed by atoms with E-state index in [1.807, 2.05) is 6.92 Å². The molecule has 136 valence electrons. The van der Waals surface area contributed by atoms with Gasteiger partial charge in [0.25, 0.3) is 0 Å². The first-order valence-corrected chi connectivity index (χ1v) is 9.09. The Balaban J connectivity index is 1.50. The van der Waals surface area contributed by atoms with E-state index in [-0.39, 0.29) is 6.10 Å². The van der Waals surface area contributed by atoms with Crippen LogP contribution in [0.5, 0.6) is 0 Å². The molecule has 0 unspecified atom stereocenters. The number of carbonyl (C=O) groups excluding carboxylic acids is 1. The van der Waals surface area contributed by atoms with Crippen LogP contribution in [0.25, 0.3) is 10.9 Å². The van der Waals surface area contributed by atoms with Gasteiger partial charge in [-0.2, -0.15) is 0 Å². The molecule has 0 spiro atoms. The summed E-state index contributed by atoms with van der Waals surface area (Å²) in [4.78, 5) is 17.3. The van der Waals surface area contributed by atoms with Crippen LogP contribution in [0.3, 0.4) is 0 Å². The van der Waals surface area contributed by atoms with Crippen molar-refractivity contribution in [3.8, 4) is 0 Å². The number of aromatic nitrogens is 1. The number of nitrogens with zero attached hydrogens (tertiary/aromatic N) is 1. The molecule has 2 aliphatic rings. The zero-order valence-electron chi connectivity index (χ0n) is 15.2. The number of hydrogen-bond donors (Lipinski definition) is 1. The van der Waals surface area contributed by atoms with Crippen LogP contribution in [-0.4, -0.2) is 42.2 Å². The number of nitrogens with one attached hydrogen (secondary N) is 1. The van der Waals surface area contributed by atoms with Crippen molar-refractivity contribution < 1.29 is 14.3 Å². The molecule has 0 amide bonds. The van der Waals surface area contributed by atoms with Gasteiger partial charge >= 0.3 is 5.97 Å². The SMILES string of the molecule is COC(=O)/C=C/O[C@H](C)C1=CC[C@H]2c3[nH]c4ccccc4c3CCN2C1. The lowest BCUT2D eigenvalue weighted by atomic mass is 9.90. The van der Waals surface area contributed by atoms with Crippen molar-refractivity contribution in [2.75, 3.05) is 20.2 Å². The van der Waals surface area contributed by atoms with Crippen LogP contribution in [0, 0.1) is 0 Å². The third kappa shape index (κ3) is 3.03. The van der Waals surface area contributed by atoms with Crippen LogP contribution >= 0.6 is 0 Å². The van der Waals surface area contributed by atoms with Crippen molar-refractivity contribution in [1.29, 1.82) is 0 Å². The van der Waals surface area contributed by atoms with Crippen LogP contribution in [0.15, 0.2) is 48.3 Å². The third-order valence-electron chi connectivity index (χ3n) is 5.47. The Bertz CT molecular complexity index is 881. The van der Waals surface area contributed by atoms with E-state index in [0.29, 0.717) is 6.04 Å². The lowest BCUT2D eigenvalue weighted by Gasteiger charge is -2.39. The van der Waals surface area contributed by atoms with Crippen molar-refractivity contribution in [3.05, 3.63) is 59.5 Å². The summed E-state index contributed by atoms with van der Waals surface area (Å²) in [7, 11) is 1.36. The maximum atomic E-state index is 11.1. The summed E-state index contributed by atoms with van der Waals surface area (Å²) in [6, 6.07) is 8.98. The van der Waals surface area contributed by atoms with Gasteiger partial charge in [-0.3, -0.25) is 4.90 Å². The molecule has 1 aromatic heterocycles. The Labute approximate surface area is 153 Å². The Morgan fingerprint density at radius 1 is 1.38 bits per heavy atom. The maximum absolute atomic E-state index is 11.1. The number of esters is 1. The second-order valence-corrected chi connectivity index (χ2v) is 6.92. The van der Waals surface area contributed by atoms with E-state index >= 15 is 0 Å². The number of methoxy groups -OCH3 is 1. The van der Waals surface area contributed by atoms with Crippen molar-refractivity contribution >= 4 is 16.9 Å². The second-order valence-electron chi connectivity index (χ2n) is 6.92. The highest BCUT2D eigenvalue weighted by molar-refractivity contribution is 5.85. The van der Waals surface area contributed by atoms with Crippen LogP contribution in [0.1, 0.15) is 30.6 Å². The Hall–Kier alpha value is -2.53. The van der Waals surface area contributed by atoms with Gasteiger partial charge in [0.1, 0.15) is 6.10 Å². The fourth-order valence-corrected chi connectivity index (χ4v) is 4.05. The molecule has 0 aliphatic carbocycles. The van der Waals surface area contributed by atoms with Gasteiger partial charge in [-0.1, -0.05) is 24.3 Å². The summed E-state index contributed by atoms with van der Waals surface area (Å²) >= 11 is 0. The smallest absolute Gasteiger partial charge is 0.333 e. The van der Waals surface area contributed by atoms with Crippen LogP contribution in [0.2, 0.25) is 0 Å². The summed E-state index contributed by atoms with van der Waals surface area (Å²) < 4.78 is 10.2. The fraction of sp³-hybridized carbons (Fsp3) is 0.381. The normalized spacial score (nSPS) is 21.2. The zero-order chi connectivity index (χ0) is 18.1. The second kappa shape index (κ2) is 7.00. The lowest BCUT2D eigenvalue weighted by molar-refractivity contribution is -0.135. The predicted octanol–water partition coefficient (Wildman–Crippen LogP) is 3.49. The lowest BCUT2D eigenvalue weighted by Crippen LogP contribution is -2.40. The number of H-pyrrole nitrogens is 1. The molecular formula is C21H24N2O3. The molecule has 4 rings (SSSR count). The molecule has 0 fully saturated rings. The van der Waals surface area contributed by atoms with E-state index in [1.165, 1.54) is 47.2 Å². The van der Waals surface area contributed by atoms with Gasteiger partial charge in [-0.25, -0.2) is 4.79 Å². The van der Waals surface area contributed by atoms with E-state index in [0.717, 1.165) is 25.9 Å². The van der Waals surface area contributed by atoms with Gasteiger partial charge in [0.15, 0.2) is 0 Å². The topological polar surface area (TPSA) is 54.6 Å². The van der Waals surface area contributed by atoms with E-state index in [1.54, 1.807) is 0 Å². The van der Waals surface area contributed by atoms with Crippen molar-refractivity contribution in [3.63, 3.8) is 0 Å². The molecule has 0 bridgehead atoms. The maximum Gasteiger partial charge on any atom is 0.333 e. The first-order valence-electron chi connectivity index (χ1n) is 9.09. The van der Waals surface area contributed by atoms with Crippen molar-refractivity contribution in [1.82, 2.24) is 9.88 Å². The largest absolute Gasteiger partial charge is 0.494 e. The minimum absolute atomic E-state index is 0.0547. The molecule has 2 aliphatic heterocycles. The molecule has 1 aromatic carbocycles. The first kappa shape index (κ1) is 16.9. The molecule has 2 aromatic rings. The number of fused-ring (bicyclic) bond motifs is 5. The van der Waals surface area contributed by atoms with Crippen LogP contribution in [0.4, 0.5) is 0 Å². The summed E-state index contributed by atoms with van der Waals surface area (Å²) in [5.41, 5.74) is 5.34. The quantitative estimate of drug-likeness (QED) is 0.396. The van der Waals surface area contributed by atoms with Crippen molar-refractivity contribution in [2.45, 2.75) is 31.9 Å². The van der Waals surface area contributed by atoms with Gasteiger partial charge < -0.3 is 14.5 Å². The third-order valence-corrected chi connectivity index (χ3v) is 5.47. The zero-order valence-corrected chi connectivity index (χ0v) is 15.2. The highest BCUT2D eigenvalue weighted by Crippen LogP contribution is 2.39. The molecule has 3 heterocycles. The van der Waals surface area contributed by atoms with Crippen molar-refractivity contribution in [2.24, 2.45) is 0 Å². The molecule has 0 radical (unpaired) electrons. The highest BCUT2D eigenvalue weighted by atomic mass is 16.5. The molecule has 2 atom stereocenters. The molecule has 26 heavy (non-hydrogen) atoms. The van der Waals surface area contributed by atoms with Gasteiger partial charge in [0.2, 0.25) is 0 Å².